The van der Waals surface area contributed by atoms with Gasteiger partial charge in [0.05, 0.1) is 6.61 Å². The van der Waals surface area contributed by atoms with Gasteiger partial charge < -0.3 is 30.3 Å². The number of ether oxygens (including phenoxy) is 1. The standard InChI is InChI=1S/C11H22O7/c1-6(2)3-9(15)18-5-8(14)11(17)10(16)7(13)4-12/h6-8,10-14,16-17H,3-5H2,1-2H3/t7-,8+,10+,11+/m0/s1. The maximum Gasteiger partial charge on any atom is 0.306 e. The molecule has 0 amide bonds. The number of carbonyl (C=O) groups is 1. The summed E-state index contributed by atoms with van der Waals surface area (Å²) < 4.78 is 4.70. The number of rotatable bonds is 8. The molecule has 0 unspecified atom stereocenters. The van der Waals surface area contributed by atoms with Gasteiger partial charge in [0.2, 0.25) is 0 Å². The summed E-state index contributed by atoms with van der Waals surface area (Å²) in [4.78, 5) is 11.2. The van der Waals surface area contributed by atoms with Crippen LogP contribution in [0, 0.1) is 5.92 Å². The van der Waals surface area contributed by atoms with Gasteiger partial charge in [0, 0.05) is 6.42 Å². The van der Waals surface area contributed by atoms with Crippen molar-refractivity contribution < 1.29 is 35.1 Å². The van der Waals surface area contributed by atoms with Crippen molar-refractivity contribution >= 4 is 5.97 Å². The zero-order valence-corrected chi connectivity index (χ0v) is 10.6. The number of hydrogen-bond donors (Lipinski definition) is 5. The van der Waals surface area contributed by atoms with Crippen LogP contribution in [0.5, 0.6) is 0 Å². The third-order valence-electron chi connectivity index (χ3n) is 2.32. The van der Waals surface area contributed by atoms with E-state index in [-0.39, 0.29) is 12.3 Å². The van der Waals surface area contributed by atoms with Gasteiger partial charge in [0.15, 0.2) is 0 Å². The highest BCUT2D eigenvalue weighted by Gasteiger charge is 2.30. The fourth-order valence-electron chi connectivity index (χ4n) is 1.23. The van der Waals surface area contributed by atoms with Gasteiger partial charge in [0.25, 0.3) is 0 Å². The molecule has 0 aliphatic heterocycles. The summed E-state index contributed by atoms with van der Waals surface area (Å²) in [5, 5.41) is 45.8. The lowest BCUT2D eigenvalue weighted by atomic mass is 10.0. The lowest BCUT2D eigenvalue weighted by Gasteiger charge is -2.25. The second-order valence-electron chi connectivity index (χ2n) is 4.58. The van der Waals surface area contributed by atoms with E-state index in [1.165, 1.54) is 0 Å². The van der Waals surface area contributed by atoms with Crippen molar-refractivity contribution in [3.05, 3.63) is 0 Å². The monoisotopic (exact) mass is 266 g/mol. The van der Waals surface area contributed by atoms with Crippen molar-refractivity contribution in [3.63, 3.8) is 0 Å². The molecule has 0 saturated carbocycles. The highest BCUT2D eigenvalue weighted by molar-refractivity contribution is 5.69. The van der Waals surface area contributed by atoms with Gasteiger partial charge in [-0.25, -0.2) is 0 Å². The number of hydrogen-bond acceptors (Lipinski definition) is 7. The minimum absolute atomic E-state index is 0.112. The van der Waals surface area contributed by atoms with Crippen LogP contribution >= 0.6 is 0 Å². The molecule has 0 radical (unpaired) electrons. The van der Waals surface area contributed by atoms with Crippen LogP contribution in [-0.2, 0) is 9.53 Å². The minimum Gasteiger partial charge on any atom is -0.463 e. The summed E-state index contributed by atoms with van der Waals surface area (Å²) in [6.07, 6.45) is -6.34. The van der Waals surface area contributed by atoms with Crippen molar-refractivity contribution in [3.8, 4) is 0 Å². The maximum absolute atomic E-state index is 11.2. The Morgan fingerprint density at radius 3 is 2.00 bits per heavy atom. The van der Waals surface area contributed by atoms with Crippen molar-refractivity contribution in [2.45, 2.75) is 44.7 Å². The lowest BCUT2D eigenvalue weighted by Crippen LogP contribution is -2.47. The van der Waals surface area contributed by atoms with Crippen molar-refractivity contribution in [1.29, 1.82) is 0 Å². The quantitative estimate of drug-likeness (QED) is 0.322. The number of carbonyl (C=O) groups excluding carboxylic acids is 1. The van der Waals surface area contributed by atoms with Crippen LogP contribution < -0.4 is 0 Å². The van der Waals surface area contributed by atoms with E-state index in [1.807, 2.05) is 13.8 Å². The lowest BCUT2D eigenvalue weighted by molar-refractivity contribution is -0.156. The van der Waals surface area contributed by atoms with Crippen molar-refractivity contribution in [1.82, 2.24) is 0 Å². The Morgan fingerprint density at radius 2 is 1.56 bits per heavy atom. The highest BCUT2D eigenvalue weighted by Crippen LogP contribution is 2.07. The normalized spacial score (nSPS) is 18.2. The van der Waals surface area contributed by atoms with Gasteiger partial charge in [-0.2, -0.15) is 0 Å². The predicted molar refractivity (Wildman–Crippen MR) is 61.5 cm³/mol. The van der Waals surface area contributed by atoms with E-state index in [2.05, 4.69) is 0 Å². The minimum atomic E-state index is -1.71. The van der Waals surface area contributed by atoms with Crippen LogP contribution in [0.2, 0.25) is 0 Å². The van der Waals surface area contributed by atoms with E-state index in [4.69, 9.17) is 14.9 Å². The molecule has 0 saturated heterocycles. The Hall–Kier alpha value is -0.730. The van der Waals surface area contributed by atoms with Crippen molar-refractivity contribution in [2.24, 2.45) is 5.92 Å². The molecule has 7 heteroatoms. The molecule has 18 heavy (non-hydrogen) atoms. The Bertz CT molecular complexity index is 244. The molecule has 7 nitrogen and oxygen atoms in total. The first-order valence-electron chi connectivity index (χ1n) is 5.78. The fourth-order valence-corrected chi connectivity index (χ4v) is 1.23. The van der Waals surface area contributed by atoms with Crippen LogP contribution in [0.25, 0.3) is 0 Å². The molecular formula is C11H22O7. The first-order chi connectivity index (χ1) is 8.29. The van der Waals surface area contributed by atoms with Gasteiger partial charge >= 0.3 is 5.97 Å². The van der Waals surface area contributed by atoms with E-state index in [0.29, 0.717) is 0 Å². The molecule has 108 valence electrons. The van der Waals surface area contributed by atoms with Gasteiger partial charge in [-0.15, -0.1) is 0 Å². The van der Waals surface area contributed by atoms with E-state index < -0.39 is 43.6 Å². The van der Waals surface area contributed by atoms with Crippen LogP contribution in [0.15, 0.2) is 0 Å². The van der Waals surface area contributed by atoms with E-state index in [1.54, 1.807) is 0 Å². The topological polar surface area (TPSA) is 127 Å². The summed E-state index contributed by atoms with van der Waals surface area (Å²) in [5.74, 6) is -0.408. The zero-order valence-electron chi connectivity index (χ0n) is 10.6. The second-order valence-corrected chi connectivity index (χ2v) is 4.58. The zero-order chi connectivity index (χ0) is 14.3. The first-order valence-corrected chi connectivity index (χ1v) is 5.78. The van der Waals surface area contributed by atoms with E-state index in [9.17, 15) is 20.1 Å². The number of aliphatic hydroxyl groups is 5. The number of aliphatic hydroxyl groups excluding tert-OH is 5. The predicted octanol–water partition coefficient (Wildman–Crippen LogP) is -1.99. The molecule has 5 N–H and O–H groups in total. The Balaban J connectivity index is 4.08. The van der Waals surface area contributed by atoms with Crippen LogP contribution in [0.4, 0.5) is 0 Å². The second kappa shape index (κ2) is 8.39. The molecule has 0 aromatic rings. The summed E-state index contributed by atoms with van der Waals surface area (Å²) in [7, 11) is 0. The average Bonchev–Trinajstić information content (AvgIpc) is 2.32. The average molecular weight is 266 g/mol. The molecule has 0 fully saturated rings. The molecule has 0 bridgehead atoms. The smallest absolute Gasteiger partial charge is 0.306 e. The maximum atomic E-state index is 11.2. The Morgan fingerprint density at radius 1 is 1.06 bits per heavy atom. The molecule has 0 aromatic carbocycles. The summed E-state index contributed by atoms with van der Waals surface area (Å²) in [5.41, 5.74) is 0. The molecule has 0 heterocycles. The molecule has 0 aliphatic rings. The largest absolute Gasteiger partial charge is 0.463 e. The number of esters is 1. The summed E-state index contributed by atoms with van der Waals surface area (Å²) >= 11 is 0. The fraction of sp³-hybridized carbons (Fsp3) is 0.909. The molecule has 4 atom stereocenters. The molecule has 0 aliphatic carbocycles. The third kappa shape index (κ3) is 6.27. The Kier molecular flexibility index (Phi) is 8.05. The highest BCUT2D eigenvalue weighted by atomic mass is 16.5. The van der Waals surface area contributed by atoms with Gasteiger partial charge in [-0.1, -0.05) is 13.8 Å². The molecule has 0 spiro atoms. The SMILES string of the molecule is CC(C)CC(=O)OC[C@@H](O)[C@@H](O)[C@H](O)[C@@H](O)CO. The third-order valence-corrected chi connectivity index (χ3v) is 2.32. The molecular weight excluding hydrogens is 244 g/mol. The van der Waals surface area contributed by atoms with Gasteiger partial charge in [-0.3, -0.25) is 4.79 Å². The van der Waals surface area contributed by atoms with E-state index in [0.717, 1.165) is 0 Å². The van der Waals surface area contributed by atoms with Crippen LogP contribution in [-0.4, -0.2) is 69.1 Å². The Labute approximate surface area is 106 Å². The summed E-state index contributed by atoms with van der Waals surface area (Å²) in [6.45, 7) is 2.42. The summed E-state index contributed by atoms with van der Waals surface area (Å²) in [6, 6.07) is 0. The first kappa shape index (κ1) is 17.3. The molecule has 0 rings (SSSR count). The van der Waals surface area contributed by atoms with Gasteiger partial charge in [-0.05, 0) is 5.92 Å². The van der Waals surface area contributed by atoms with Gasteiger partial charge in [0.1, 0.15) is 31.0 Å². The van der Waals surface area contributed by atoms with E-state index >= 15 is 0 Å². The van der Waals surface area contributed by atoms with Crippen molar-refractivity contribution in [2.75, 3.05) is 13.2 Å². The van der Waals surface area contributed by atoms with Crippen LogP contribution in [0.3, 0.4) is 0 Å². The van der Waals surface area contributed by atoms with Crippen LogP contribution in [0.1, 0.15) is 20.3 Å². The molecule has 0 aromatic heterocycles.